The molecule has 0 spiro atoms. The molecule has 1 amide bonds. The number of aliphatic hydroxyl groups is 1. The van der Waals surface area contributed by atoms with Gasteiger partial charge in [0.2, 0.25) is 0 Å². The number of anilines is 1. The van der Waals surface area contributed by atoms with E-state index in [1.165, 1.54) is 0 Å². The van der Waals surface area contributed by atoms with Gasteiger partial charge in [-0.1, -0.05) is 6.07 Å². The molecule has 0 bridgehead atoms. The Morgan fingerprint density at radius 2 is 2.11 bits per heavy atom. The van der Waals surface area contributed by atoms with Crippen LogP contribution in [0, 0.1) is 6.92 Å². The van der Waals surface area contributed by atoms with Gasteiger partial charge in [0.1, 0.15) is 0 Å². The van der Waals surface area contributed by atoms with Gasteiger partial charge in [-0.15, -0.1) is 0 Å². The first-order valence-electron chi connectivity index (χ1n) is 6.37. The highest BCUT2D eigenvalue weighted by Crippen LogP contribution is 2.19. The van der Waals surface area contributed by atoms with Crippen LogP contribution in [0.1, 0.15) is 36.7 Å². The fourth-order valence-electron chi connectivity index (χ4n) is 1.93. The predicted molar refractivity (Wildman–Crippen MR) is 76.9 cm³/mol. The molecule has 106 valence electrons. The molecule has 1 aromatic rings. The van der Waals surface area contributed by atoms with Crippen molar-refractivity contribution in [3.63, 3.8) is 0 Å². The van der Waals surface area contributed by atoms with E-state index >= 15 is 0 Å². The molecule has 1 rings (SSSR count). The Bertz CT molecular complexity index is 452. The van der Waals surface area contributed by atoms with Crippen LogP contribution in [0.25, 0.3) is 0 Å². The third-order valence-corrected chi connectivity index (χ3v) is 2.81. The van der Waals surface area contributed by atoms with Crippen molar-refractivity contribution in [1.29, 1.82) is 0 Å². The van der Waals surface area contributed by atoms with Crippen molar-refractivity contribution in [3.8, 4) is 0 Å². The van der Waals surface area contributed by atoms with Crippen molar-refractivity contribution < 1.29 is 9.90 Å². The first-order valence-corrected chi connectivity index (χ1v) is 6.37. The van der Waals surface area contributed by atoms with Crippen LogP contribution in [-0.2, 0) is 0 Å². The van der Waals surface area contributed by atoms with E-state index in [2.05, 4.69) is 5.43 Å². The monoisotopic (exact) mass is 265 g/mol. The lowest BCUT2D eigenvalue weighted by molar-refractivity contribution is 0.0315. The second-order valence-electron chi connectivity index (χ2n) is 5.33. The van der Waals surface area contributed by atoms with Crippen LogP contribution >= 0.6 is 0 Å². The highest BCUT2D eigenvalue weighted by molar-refractivity contribution is 5.99. The zero-order valence-corrected chi connectivity index (χ0v) is 12.0. The number of nitrogen functional groups attached to an aromatic ring is 1. The van der Waals surface area contributed by atoms with Gasteiger partial charge < -0.3 is 15.4 Å². The van der Waals surface area contributed by atoms with Crippen molar-refractivity contribution in [2.24, 2.45) is 5.84 Å². The SMILES string of the molecule is CCN(CC(C)(C)O)C(=O)c1ccc(C)cc1NN. The van der Waals surface area contributed by atoms with Gasteiger partial charge in [0.05, 0.1) is 16.9 Å². The molecule has 0 saturated heterocycles. The molecule has 0 atom stereocenters. The summed E-state index contributed by atoms with van der Waals surface area (Å²) in [6.07, 6.45) is 0. The summed E-state index contributed by atoms with van der Waals surface area (Å²) in [5, 5.41) is 9.85. The Balaban J connectivity index is 3.04. The maximum Gasteiger partial charge on any atom is 0.256 e. The zero-order chi connectivity index (χ0) is 14.6. The van der Waals surface area contributed by atoms with Crippen molar-refractivity contribution in [2.75, 3.05) is 18.5 Å². The van der Waals surface area contributed by atoms with Gasteiger partial charge in [-0.25, -0.2) is 0 Å². The van der Waals surface area contributed by atoms with Crippen molar-refractivity contribution >= 4 is 11.6 Å². The van der Waals surface area contributed by atoms with E-state index in [0.717, 1.165) is 5.56 Å². The lowest BCUT2D eigenvalue weighted by atomic mass is 10.1. The van der Waals surface area contributed by atoms with Crippen molar-refractivity contribution in [1.82, 2.24) is 4.90 Å². The number of rotatable bonds is 5. The van der Waals surface area contributed by atoms with Gasteiger partial charge in [0.25, 0.3) is 5.91 Å². The van der Waals surface area contributed by atoms with E-state index in [1.807, 2.05) is 26.0 Å². The van der Waals surface area contributed by atoms with Gasteiger partial charge in [-0.05, 0) is 45.4 Å². The normalized spacial score (nSPS) is 11.3. The number of hydrogen-bond donors (Lipinski definition) is 3. The molecule has 0 fully saturated rings. The standard InChI is InChI=1S/C14H23N3O2/c1-5-17(9-14(3,4)19)13(18)11-7-6-10(2)8-12(11)16-15/h6-8,16,19H,5,9,15H2,1-4H3. The van der Waals surface area contributed by atoms with Gasteiger partial charge in [0, 0.05) is 13.1 Å². The fraction of sp³-hybridized carbons (Fsp3) is 0.500. The number of nitrogens with two attached hydrogens (primary N) is 1. The number of nitrogens with zero attached hydrogens (tertiary/aromatic N) is 1. The number of carbonyl (C=O) groups excluding carboxylic acids is 1. The highest BCUT2D eigenvalue weighted by atomic mass is 16.3. The summed E-state index contributed by atoms with van der Waals surface area (Å²) in [6.45, 7) is 7.98. The molecule has 0 heterocycles. The Labute approximate surface area is 114 Å². The summed E-state index contributed by atoms with van der Waals surface area (Å²) in [6, 6.07) is 5.44. The zero-order valence-electron chi connectivity index (χ0n) is 12.0. The topological polar surface area (TPSA) is 78.6 Å². The Morgan fingerprint density at radius 1 is 1.47 bits per heavy atom. The molecule has 0 radical (unpaired) electrons. The van der Waals surface area contributed by atoms with E-state index in [4.69, 9.17) is 5.84 Å². The molecule has 0 aromatic heterocycles. The second-order valence-corrected chi connectivity index (χ2v) is 5.33. The minimum absolute atomic E-state index is 0.141. The minimum Gasteiger partial charge on any atom is -0.389 e. The van der Waals surface area contributed by atoms with Crippen LogP contribution in [-0.4, -0.2) is 34.6 Å². The molecule has 4 N–H and O–H groups in total. The van der Waals surface area contributed by atoms with Gasteiger partial charge in [-0.3, -0.25) is 10.6 Å². The Kier molecular flexibility index (Phi) is 4.91. The molecule has 0 aliphatic heterocycles. The highest BCUT2D eigenvalue weighted by Gasteiger charge is 2.23. The summed E-state index contributed by atoms with van der Waals surface area (Å²) in [7, 11) is 0. The average molecular weight is 265 g/mol. The van der Waals surface area contributed by atoms with Crippen LogP contribution in [0.2, 0.25) is 0 Å². The maximum absolute atomic E-state index is 12.5. The van der Waals surface area contributed by atoms with Crippen LogP contribution < -0.4 is 11.3 Å². The van der Waals surface area contributed by atoms with E-state index in [1.54, 1.807) is 24.8 Å². The van der Waals surface area contributed by atoms with Crippen LogP contribution in [0.3, 0.4) is 0 Å². The van der Waals surface area contributed by atoms with Crippen LogP contribution in [0.15, 0.2) is 18.2 Å². The molecule has 5 heteroatoms. The number of amides is 1. The molecule has 5 nitrogen and oxygen atoms in total. The maximum atomic E-state index is 12.5. The summed E-state index contributed by atoms with van der Waals surface area (Å²) in [5.74, 6) is 5.31. The Hall–Kier alpha value is -1.59. The van der Waals surface area contributed by atoms with E-state index in [9.17, 15) is 9.90 Å². The first-order chi connectivity index (χ1) is 8.78. The number of hydrazine groups is 1. The van der Waals surface area contributed by atoms with Crippen molar-refractivity contribution in [3.05, 3.63) is 29.3 Å². The summed E-state index contributed by atoms with van der Waals surface area (Å²) in [4.78, 5) is 14.1. The molecule has 0 unspecified atom stereocenters. The summed E-state index contributed by atoms with van der Waals surface area (Å²) >= 11 is 0. The first kappa shape index (κ1) is 15.5. The van der Waals surface area contributed by atoms with Gasteiger partial charge >= 0.3 is 0 Å². The lowest BCUT2D eigenvalue weighted by Gasteiger charge is -2.28. The number of nitrogens with one attached hydrogen (secondary N) is 1. The molecule has 1 aromatic carbocycles. The molecular weight excluding hydrogens is 242 g/mol. The number of aryl methyl sites for hydroxylation is 1. The molecule has 19 heavy (non-hydrogen) atoms. The average Bonchev–Trinajstić information content (AvgIpc) is 2.33. The van der Waals surface area contributed by atoms with E-state index in [0.29, 0.717) is 17.8 Å². The molecule has 0 saturated carbocycles. The van der Waals surface area contributed by atoms with Gasteiger partial charge in [0.15, 0.2) is 0 Å². The summed E-state index contributed by atoms with van der Waals surface area (Å²) < 4.78 is 0. The quantitative estimate of drug-likeness (QED) is 0.557. The third-order valence-electron chi connectivity index (χ3n) is 2.81. The lowest BCUT2D eigenvalue weighted by Crippen LogP contribution is -2.42. The number of carbonyl (C=O) groups is 1. The van der Waals surface area contributed by atoms with Gasteiger partial charge in [-0.2, -0.15) is 0 Å². The smallest absolute Gasteiger partial charge is 0.256 e. The van der Waals surface area contributed by atoms with Crippen LogP contribution in [0.5, 0.6) is 0 Å². The van der Waals surface area contributed by atoms with E-state index < -0.39 is 5.60 Å². The number of hydrogen-bond acceptors (Lipinski definition) is 4. The molecule has 0 aliphatic rings. The van der Waals surface area contributed by atoms with Crippen LogP contribution in [0.4, 0.5) is 5.69 Å². The Morgan fingerprint density at radius 3 is 2.58 bits per heavy atom. The van der Waals surface area contributed by atoms with Crippen molar-refractivity contribution in [2.45, 2.75) is 33.3 Å². The van der Waals surface area contributed by atoms with E-state index in [-0.39, 0.29) is 12.5 Å². The molecular formula is C14H23N3O2. The predicted octanol–water partition coefficient (Wildman–Crippen LogP) is 1.51. The largest absolute Gasteiger partial charge is 0.389 e. The minimum atomic E-state index is -0.924. The number of likely N-dealkylation sites (N-methyl/N-ethyl adjacent to an activating group) is 1. The third kappa shape index (κ3) is 4.22. The second kappa shape index (κ2) is 6.04. The molecule has 0 aliphatic carbocycles. The summed E-state index contributed by atoms with van der Waals surface area (Å²) in [5.41, 5.74) is 3.76. The number of benzene rings is 1. The fourth-order valence-corrected chi connectivity index (χ4v) is 1.93.